The number of hydrogen-bond donors (Lipinski definition) is 4. The summed E-state index contributed by atoms with van der Waals surface area (Å²) in [5, 5.41) is 9.25. The third-order valence-electron chi connectivity index (χ3n) is 1.40. The average molecular weight is 153 g/mol. The van der Waals surface area contributed by atoms with E-state index < -0.39 is 0 Å². The van der Waals surface area contributed by atoms with Crippen molar-refractivity contribution < 1.29 is 5.11 Å². The normalized spacial score (nSPS) is 9.91. The van der Waals surface area contributed by atoms with E-state index in [4.69, 9.17) is 11.6 Å². The van der Waals surface area contributed by atoms with Crippen LogP contribution in [0.15, 0.2) is 18.2 Å². The lowest BCUT2D eigenvalue weighted by Crippen LogP contribution is -2.20. The molecule has 4 heteroatoms. The second-order valence-corrected chi connectivity index (χ2v) is 2.27. The largest absolute Gasteiger partial charge is 0.508 e. The lowest BCUT2D eigenvalue weighted by atomic mass is 10.2. The van der Waals surface area contributed by atoms with Crippen molar-refractivity contribution in [3.63, 3.8) is 0 Å². The molecule has 0 aliphatic heterocycles. The Morgan fingerprint density at radius 3 is 2.73 bits per heavy atom. The second kappa shape index (κ2) is 3.23. The summed E-state index contributed by atoms with van der Waals surface area (Å²) in [6.07, 6.45) is 0. The van der Waals surface area contributed by atoms with Gasteiger partial charge in [0.2, 0.25) is 0 Å². The number of anilines is 1. The Hall–Kier alpha value is -1.26. The van der Waals surface area contributed by atoms with E-state index in [0.717, 1.165) is 5.56 Å². The SMILES string of the molecule is NNCc1ccc(N)cc1O. The van der Waals surface area contributed by atoms with Crippen LogP contribution in [0.25, 0.3) is 0 Å². The maximum Gasteiger partial charge on any atom is 0.122 e. The molecule has 0 fully saturated rings. The van der Waals surface area contributed by atoms with Crippen molar-refractivity contribution in [3.05, 3.63) is 23.8 Å². The van der Waals surface area contributed by atoms with Crippen LogP contribution in [0.3, 0.4) is 0 Å². The molecule has 0 saturated heterocycles. The summed E-state index contributed by atoms with van der Waals surface area (Å²) in [5.74, 6) is 5.24. The Morgan fingerprint density at radius 1 is 1.45 bits per heavy atom. The van der Waals surface area contributed by atoms with Crippen LogP contribution in [-0.4, -0.2) is 5.11 Å². The highest BCUT2D eigenvalue weighted by molar-refractivity contribution is 5.47. The number of hydrogen-bond acceptors (Lipinski definition) is 4. The van der Waals surface area contributed by atoms with Crippen LogP contribution in [0, 0.1) is 0 Å². The molecule has 0 aliphatic rings. The Morgan fingerprint density at radius 2 is 2.18 bits per heavy atom. The minimum Gasteiger partial charge on any atom is -0.508 e. The molecule has 0 aromatic heterocycles. The number of nitrogen functional groups attached to an aromatic ring is 1. The average Bonchev–Trinajstić information content (AvgIpc) is 1.95. The Bertz CT molecular complexity index is 249. The number of aromatic hydroxyl groups is 1. The molecule has 1 aromatic rings. The van der Waals surface area contributed by atoms with Gasteiger partial charge in [0.15, 0.2) is 0 Å². The van der Waals surface area contributed by atoms with Gasteiger partial charge in [0.1, 0.15) is 5.75 Å². The fraction of sp³-hybridized carbons (Fsp3) is 0.143. The fourth-order valence-electron chi connectivity index (χ4n) is 0.840. The van der Waals surface area contributed by atoms with Gasteiger partial charge in [-0.2, -0.15) is 0 Å². The van der Waals surface area contributed by atoms with Crippen LogP contribution >= 0.6 is 0 Å². The van der Waals surface area contributed by atoms with E-state index in [2.05, 4.69) is 5.43 Å². The van der Waals surface area contributed by atoms with Crippen LogP contribution in [0.1, 0.15) is 5.56 Å². The molecule has 4 nitrogen and oxygen atoms in total. The molecule has 1 rings (SSSR count). The van der Waals surface area contributed by atoms with E-state index in [1.54, 1.807) is 12.1 Å². The highest BCUT2D eigenvalue weighted by atomic mass is 16.3. The first-order chi connectivity index (χ1) is 5.24. The Balaban J connectivity index is 2.90. The molecule has 0 radical (unpaired) electrons. The number of nitrogens with two attached hydrogens (primary N) is 2. The number of rotatable bonds is 2. The monoisotopic (exact) mass is 153 g/mol. The lowest BCUT2D eigenvalue weighted by Gasteiger charge is -2.03. The first kappa shape index (κ1) is 7.84. The van der Waals surface area contributed by atoms with Crippen LogP contribution < -0.4 is 17.0 Å². The highest BCUT2D eigenvalue weighted by Gasteiger charge is 1.98. The molecule has 0 amide bonds. The molecule has 1 aromatic carbocycles. The number of phenolic OH excluding ortho intramolecular Hbond substituents is 1. The van der Waals surface area contributed by atoms with Gasteiger partial charge in [-0.1, -0.05) is 6.07 Å². The minimum atomic E-state index is 0.169. The molecule has 0 heterocycles. The van der Waals surface area contributed by atoms with E-state index in [-0.39, 0.29) is 5.75 Å². The third kappa shape index (κ3) is 1.83. The maximum absolute atomic E-state index is 9.25. The van der Waals surface area contributed by atoms with Crippen LogP contribution in [0.4, 0.5) is 5.69 Å². The predicted octanol–water partition coefficient (Wildman–Crippen LogP) is -0.0623. The van der Waals surface area contributed by atoms with Crippen molar-refractivity contribution >= 4 is 5.69 Å². The van der Waals surface area contributed by atoms with Gasteiger partial charge in [0, 0.05) is 23.9 Å². The van der Waals surface area contributed by atoms with Crippen molar-refractivity contribution in [2.45, 2.75) is 6.54 Å². The lowest BCUT2D eigenvalue weighted by molar-refractivity contribution is 0.465. The number of hydrazine groups is 1. The summed E-state index contributed by atoms with van der Waals surface area (Å²) in [4.78, 5) is 0. The van der Waals surface area contributed by atoms with Crippen LogP contribution in [-0.2, 0) is 6.54 Å². The van der Waals surface area contributed by atoms with Crippen molar-refractivity contribution in [2.24, 2.45) is 5.84 Å². The van der Waals surface area contributed by atoms with E-state index in [9.17, 15) is 5.11 Å². The fourth-order valence-corrected chi connectivity index (χ4v) is 0.840. The summed E-state index contributed by atoms with van der Waals surface area (Å²) >= 11 is 0. The summed E-state index contributed by atoms with van der Waals surface area (Å²) in [6, 6.07) is 4.93. The number of benzene rings is 1. The number of phenols is 1. The quantitative estimate of drug-likeness (QED) is 0.272. The van der Waals surface area contributed by atoms with Crippen molar-refractivity contribution in [2.75, 3.05) is 5.73 Å². The van der Waals surface area contributed by atoms with Crippen molar-refractivity contribution in [3.8, 4) is 5.75 Å². The molecule has 0 bridgehead atoms. The van der Waals surface area contributed by atoms with E-state index in [1.807, 2.05) is 0 Å². The molecule has 0 spiro atoms. The highest BCUT2D eigenvalue weighted by Crippen LogP contribution is 2.19. The summed E-state index contributed by atoms with van der Waals surface area (Å²) in [5.41, 5.74) is 9.14. The minimum absolute atomic E-state index is 0.169. The zero-order chi connectivity index (χ0) is 8.27. The smallest absolute Gasteiger partial charge is 0.122 e. The topological polar surface area (TPSA) is 84.3 Å². The first-order valence-corrected chi connectivity index (χ1v) is 3.25. The number of nitrogens with one attached hydrogen (secondary N) is 1. The third-order valence-corrected chi connectivity index (χ3v) is 1.40. The standard InChI is InChI=1S/C7H11N3O/c8-6-2-1-5(4-10-9)7(11)3-6/h1-3,10-11H,4,8-9H2. The van der Waals surface area contributed by atoms with E-state index in [1.165, 1.54) is 6.07 Å². The zero-order valence-corrected chi connectivity index (χ0v) is 6.04. The van der Waals surface area contributed by atoms with Gasteiger partial charge in [-0.15, -0.1) is 0 Å². The molecule has 0 atom stereocenters. The zero-order valence-electron chi connectivity index (χ0n) is 6.04. The van der Waals surface area contributed by atoms with Crippen molar-refractivity contribution in [1.82, 2.24) is 5.43 Å². The van der Waals surface area contributed by atoms with Gasteiger partial charge in [0.05, 0.1) is 0 Å². The first-order valence-electron chi connectivity index (χ1n) is 3.25. The van der Waals surface area contributed by atoms with E-state index >= 15 is 0 Å². The van der Waals surface area contributed by atoms with Gasteiger partial charge in [0.25, 0.3) is 0 Å². The molecule has 6 N–H and O–H groups in total. The maximum atomic E-state index is 9.25. The van der Waals surface area contributed by atoms with E-state index in [0.29, 0.717) is 12.2 Å². The van der Waals surface area contributed by atoms with Gasteiger partial charge >= 0.3 is 0 Å². The van der Waals surface area contributed by atoms with Crippen molar-refractivity contribution in [1.29, 1.82) is 0 Å². The Kier molecular flexibility index (Phi) is 2.30. The predicted molar refractivity (Wildman–Crippen MR) is 43.5 cm³/mol. The van der Waals surface area contributed by atoms with Gasteiger partial charge < -0.3 is 10.8 Å². The Labute approximate surface area is 64.8 Å². The summed E-state index contributed by atoms with van der Waals surface area (Å²) < 4.78 is 0. The molecule has 0 aliphatic carbocycles. The summed E-state index contributed by atoms with van der Waals surface area (Å²) in [6.45, 7) is 0.437. The van der Waals surface area contributed by atoms with Crippen LogP contribution in [0.5, 0.6) is 5.75 Å². The van der Waals surface area contributed by atoms with Gasteiger partial charge in [-0.3, -0.25) is 11.3 Å². The molecule has 0 unspecified atom stereocenters. The second-order valence-electron chi connectivity index (χ2n) is 2.27. The molecule has 60 valence electrons. The van der Waals surface area contributed by atoms with Gasteiger partial charge in [-0.25, -0.2) is 0 Å². The summed E-state index contributed by atoms with van der Waals surface area (Å²) in [7, 11) is 0. The molecular formula is C7H11N3O. The van der Waals surface area contributed by atoms with Crippen LogP contribution in [0.2, 0.25) is 0 Å². The molecular weight excluding hydrogens is 142 g/mol. The van der Waals surface area contributed by atoms with Gasteiger partial charge in [-0.05, 0) is 6.07 Å². The molecule has 11 heavy (non-hydrogen) atoms. The molecule has 0 saturated carbocycles.